The van der Waals surface area contributed by atoms with Gasteiger partial charge in [0, 0.05) is 32.5 Å². The Kier molecular flexibility index (Phi) is 9.04. The summed E-state index contributed by atoms with van der Waals surface area (Å²) >= 11 is 0. The van der Waals surface area contributed by atoms with Gasteiger partial charge in [0.2, 0.25) is 5.91 Å². The van der Waals surface area contributed by atoms with E-state index in [0.717, 1.165) is 22.3 Å². The van der Waals surface area contributed by atoms with Crippen molar-refractivity contribution in [3.8, 4) is 11.1 Å². The lowest BCUT2D eigenvalue weighted by molar-refractivity contribution is -0.142. The normalized spacial score (nSPS) is 13.9. The number of nitrogens with one attached hydrogen (secondary N) is 2. The number of carboxylic acids is 1. The Hall–Kier alpha value is -3.39. The second-order valence-corrected chi connectivity index (χ2v) is 8.33. The zero-order chi connectivity index (χ0) is 24.5. The number of ether oxygens (including phenoxy) is 2. The molecule has 0 aromatic heterocycles. The molecule has 2 atom stereocenters. The highest BCUT2D eigenvalue weighted by Crippen LogP contribution is 2.44. The number of amides is 2. The first-order chi connectivity index (χ1) is 16.5. The molecule has 2 aromatic carbocycles. The summed E-state index contributed by atoms with van der Waals surface area (Å²) in [7, 11) is 1.40. The number of hydrogen-bond donors (Lipinski definition) is 3. The molecule has 2 aromatic rings. The predicted octanol–water partition coefficient (Wildman–Crippen LogP) is 3.55. The Morgan fingerprint density at radius 3 is 2.15 bits per heavy atom. The first-order valence-corrected chi connectivity index (χ1v) is 11.6. The minimum atomic E-state index is -0.937. The topological polar surface area (TPSA) is 114 Å². The van der Waals surface area contributed by atoms with Crippen LogP contribution in [0.3, 0.4) is 0 Å². The lowest BCUT2D eigenvalue weighted by Gasteiger charge is -2.18. The van der Waals surface area contributed by atoms with E-state index in [1.807, 2.05) is 31.2 Å². The summed E-state index contributed by atoms with van der Waals surface area (Å²) in [5.74, 6) is -2.00. The summed E-state index contributed by atoms with van der Waals surface area (Å²) in [6.45, 7) is 2.33. The Morgan fingerprint density at radius 2 is 1.59 bits per heavy atom. The number of aliphatic carboxylic acids is 1. The van der Waals surface area contributed by atoms with Crippen LogP contribution in [0.2, 0.25) is 0 Å². The number of hydrogen-bond acceptors (Lipinski definition) is 5. The van der Waals surface area contributed by atoms with Gasteiger partial charge in [-0.3, -0.25) is 9.59 Å². The Morgan fingerprint density at radius 1 is 0.971 bits per heavy atom. The van der Waals surface area contributed by atoms with Crippen molar-refractivity contribution in [3.05, 3.63) is 59.7 Å². The van der Waals surface area contributed by atoms with Gasteiger partial charge in [0.25, 0.3) is 0 Å². The summed E-state index contributed by atoms with van der Waals surface area (Å²) in [5.41, 5.74) is 4.58. The van der Waals surface area contributed by atoms with Gasteiger partial charge in [-0.2, -0.15) is 0 Å². The average Bonchev–Trinajstić information content (AvgIpc) is 3.16. The maximum atomic E-state index is 12.3. The number of carboxylic acid groups (broad SMARTS) is 1. The highest BCUT2D eigenvalue weighted by Gasteiger charge is 2.29. The first kappa shape index (κ1) is 25.2. The fourth-order valence-electron chi connectivity index (χ4n) is 4.31. The molecule has 0 aliphatic heterocycles. The van der Waals surface area contributed by atoms with Gasteiger partial charge < -0.3 is 25.2 Å². The lowest BCUT2D eigenvalue weighted by Crippen LogP contribution is -2.41. The molecule has 8 heteroatoms. The van der Waals surface area contributed by atoms with Crippen LogP contribution in [0, 0.1) is 5.92 Å². The quantitative estimate of drug-likeness (QED) is 0.439. The van der Waals surface area contributed by atoms with Crippen molar-refractivity contribution in [1.29, 1.82) is 0 Å². The zero-order valence-corrected chi connectivity index (χ0v) is 19.6. The van der Waals surface area contributed by atoms with Crippen molar-refractivity contribution in [2.45, 2.75) is 38.2 Å². The van der Waals surface area contributed by atoms with E-state index in [2.05, 4.69) is 34.9 Å². The molecular formula is C26H32N2O6. The molecule has 2 amide bonds. The van der Waals surface area contributed by atoms with Gasteiger partial charge in [-0.25, -0.2) is 4.79 Å². The molecule has 8 nitrogen and oxygen atoms in total. The number of benzene rings is 2. The van der Waals surface area contributed by atoms with E-state index in [9.17, 15) is 19.5 Å². The third-order valence-electron chi connectivity index (χ3n) is 6.11. The highest BCUT2D eigenvalue weighted by atomic mass is 16.5. The van der Waals surface area contributed by atoms with Crippen molar-refractivity contribution < 1.29 is 29.0 Å². The van der Waals surface area contributed by atoms with Crippen molar-refractivity contribution in [3.63, 3.8) is 0 Å². The monoisotopic (exact) mass is 468 g/mol. The van der Waals surface area contributed by atoms with Crippen molar-refractivity contribution in [2.75, 3.05) is 26.8 Å². The second kappa shape index (κ2) is 12.2. The molecule has 0 radical (unpaired) electrons. The Labute approximate surface area is 199 Å². The number of carbonyl (C=O) groups excluding carboxylic acids is 2. The molecule has 0 bridgehead atoms. The van der Waals surface area contributed by atoms with Gasteiger partial charge in [-0.15, -0.1) is 0 Å². The molecule has 182 valence electrons. The van der Waals surface area contributed by atoms with Crippen LogP contribution in [0.5, 0.6) is 0 Å². The molecule has 0 heterocycles. The predicted molar refractivity (Wildman–Crippen MR) is 128 cm³/mol. The standard InChI is InChI=1S/C26H32N2O6/c1-3-8-17(25(30)31)15-28-24(29)23(33-2)13-14-27-26(32)34-16-22-20-11-6-4-9-18(20)19-10-5-7-12-21(19)22/h4-7,9-12,17,22-23H,3,8,13-16H2,1-2H3,(H,27,32)(H,28,29)(H,30,31). The van der Waals surface area contributed by atoms with Crippen LogP contribution in [-0.2, 0) is 19.1 Å². The van der Waals surface area contributed by atoms with Gasteiger partial charge in [0.15, 0.2) is 0 Å². The van der Waals surface area contributed by atoms with Crippen molar-refractivity contribution >= 4 is 18.0 Å². The maximum Gasteiger partial charge on any atom is 0.407 e. The van der Waals surface area contributed by atoms with Gasteiger partial charge in [-0.05, 0) is 28.7 Å². The number of fused-ring (bicyclic) bond motifs is 3. The Balaban J connectivity index is 1.45. The van der Waals surface area contributed by atoms with Gasteiger partial charge in [0.05, 0.1) is 5.92 Å². The number of methoxy groups -OCH3 is 1. The lowest BCUT2D eigenvalue weighted by atomic mass is 9.98. The van der Waals surface area contributed by atoms with Gasteiger partial charge in [-0.1, -0.05) is 61.9 Å². The van der Waals surface area contributed by atoms with Crippen LogP contribution in [0.1, 0.15) is 43.2 Å². The highest BCUT2D eigenvalue weighted by molar-refractivity contribution is 5.82. The molecule has 0 fully saturated rings. The van der Waals surface area contributed by atoms with E-state index < -0.39 is 30.0 Å². The number of rotatable bonds is 12. The third-order valence-corrected chi connectivity index (χ3v) is 6.11. The van der Waals surface area contributed by atoms with E-state index in [0.29, 0.717) is 12.8 Å². The minimum Gasteiger partial charge on any atom is -0.481 e. The summed E-state index contributed by atoms with van der Waals surface area (Å²) in [6.07, 6.45) is 0.0650. The first-order valence-electron chi connectivity index (χ1n) is 11.6. The summed E-state index contributed by atoms with van der Waals surface area (Å²) in [5, 5.41) is 14.5. The molecule has 0 spiro atoms. The largest absolute Gasteiger partial charge is 0.481 e. The third kappa shape index (κ3) is 6.14. The maximum absolute atomic E-state index is 12.3. The second-order valence-electron chi connectivity index (χ2n) is 8.33. The molecule has 3 rings (SSSR count). The Bertz CT molecular complexity index is 963. The zero-order valence-electron chi connectivity index (χ0n) is 19.6. The molecule has 0 saturated heterocycles. The summed E-state index contributed by atoms with van der Waals surface area (Å²) < 4.78 is 10.7. The van der Waals surface area contributed by atoms with Crippen LogP contribution < -0.4 is 10.6 Å². The van der Waals surface area contributed by atoms with Crippen LogP contribution in [0.15, 0.2) is 48.5 Å². The minimum absolute atomic E-state index is 0.0269. The molecule has 2 unspecified atom stereocenters. The average molecular weight is 469 g/mol. The smallest absolute Gasteiger partial charge is 0.407 e. The number of carbonyl (C=O) groups is 3. The van der Waals surface area contributed by atoms with E-state index >= 15 is 0 Å². The van der Waals surface area contributed by atoms with Crippen molar-refractivity contribution in [2.24, 2.45) is 5.92 Å². The summed E-state index contributed by atoms with van der Waals surface area (Å²) in [6, 6.07) is 16.2. The molecule has 0 saturated carbocycles. The fourth-order valence-corrected chi connectivity index (χ4v) is 4.31. The van der Waals surface area contributed by atoms with E-state index in [1.54, 1.807) is 0 Å². The summed E-state index contributed by atoms with van der Waals surface area (Å²) in [4.78, 5) is 35.9. The molecule has 1 aliphatic rings. The van der Waals surface area contributed by atoms with E-state index in [4.69, 9.17) is 9.47 Å². The van der Waals surface area contributed by atoms with Gasteiger partial charge in [0.1, 0.15) is 12.7 Å². The van der Waals surface area contributed by atoms with Crippen LogP contribution in [-0.4, -0.2) is 56.0 Å². The van der Waals surface area contributed by atoms with Gasteiger partial charge >= 0.3 is 12.1 Å². The number of alkyl carbamates (subject to hydrolysis) is 1. The molecular weight excluding hydrogens is 436 g/mol. The van der Waals surface area contributed by atoms with E-state index in [-0.39, 0.29) is 32.0 Å². The van der Waals surface area contributed by atoms with Crippen LogP contribution >= 0.6 is 0 Å². The molecule has 1 aliphatic carbocycles. The molecule has 3 N–H and O–H groups in total. The van der Waals surface area contributed by atoms with Crippen molar-refractivity contribution in [1.82, 2.24) is 10.6 Å². The van der Waals surface area contributed by atoms with Crippen LogP contribution in [0.4, 0.5) is 4.79 Å². The SMILES string of the molecule is CCCC(CNC(=O)C(CCNC(=O)OCC1c2ccccc2-c2ccccc21)OC)C(=O)O. The van der Waals surface area contributed by atoms with E-state index in [1.165, 1.54) is 7.11 Å². The van der Waals surface area contributed by atoms with Crippen LogP contribution in [0.25, 0.3) is 11.1 Å². The fraction of sp³-hybridized carbons (Fsp3) is 0.423. The molecule has 34 heavy (non-hydrogen) atoms.